The van der Waals surface area contributed by atoms with Crippen LogP contribution in [0.1, 0.15) is 37.8 Å². The van der Waals surface area contributed by atoms with E-state index in [0.717, 1.165) is 23.3 Å². The predicted octanol–water partition coefficient (Wildman–Crippen LogP) is 1.47. The molecule has 2 aliphatic rings. The zero-order valence-electron chi connectivity index (χ0n) is 13.7. The molecule has 1 aliphatic heterocycles. The van der Waals surface area contributed by atoms with Gasteiger partial charge < -0.3 is 4.74 Å². The van der Waals surface area contributed by atoms with Crippen LogP contribution in [0.5, 0.6) is 5.75 Å². The van der Waals surface area contributed by atoms with E-state index in [0.29, 0.717) is 17.7 Å². The third-order valence-electron chi connectivity index (χ3n) is 4.96. The van der Waals surface area contributed by atoms with Crippen LogP contribution in [-0.2, 0) is 9.59 Å². The number of imide groups is 1. The number of aromatic nitrogens is 2. The van der Waals surface area contributed by atoms with Gasteiger partial charge in [-0.05, 0) is 31.4 Å². The number of piperidine rings is 1. The molecule has 7 nitrogen and oxygen atoms in total. The van der Waals surface area contributed by atoms with E-state index >= 15 is 0 Å². The summed E-state index contributed by atoms with van der Waals surface area (Å²) in [5.41, 5.74) is 1.32. The second-order valence-electron chi connectivity index (χ2n) is 6.45. The van der Waals surface area contributed by atoms with E-state index in [4.69, 9.17) is 4.74 Å². The van der Waals surface area contributed by atoms with Crippen molar-refractivity contribution >= 4 is 22.8 Å². The van der Waals surface area contributed by atoms with E-state index in [1.165, 1.54) is 7.05 Å². The summed E-state index contributed by atoms with van der Waals surface area (Å²) in [5.74, 6) is 0.159. The van der Waals surface area contributed by atoms with Crippen LogP contribution >= 0.6 is 0 Å². The lowest BCUT2D eigenvalue weighted by Gasteiger charge is -2.28. The summed E-state index contributed by atoms with van der Waals surface area (Å²) >= 11 is 0. The summed E-state index contributed by atoms with van der Waals surface area (Å²) < 4.78 is 8.60. The van der Waals surface area contributed by atoms with E-state index in [2.05, 4.69) is 0 Å². The third kappa shape index (κ3) is 2.07. The van der Waals surface area contributed by atoms with Gasteiger partial charge in [0.05, 0.1) is 18.1 Å². The number of benzene rings is 1. The van der Waals surface area contributed by atoms with Gasteiger partial charge in [-0.2, -0.15) is 0 Å². The van der Waals surface area contributed by atoms with Crippen LogP contribution in [0.2, 0.25) is 0 Å². The van der Waals surface area contributed by atoms with E-state index in [1.807, 2.05) is 12.1 Å². The molecule has 2 amide bonds. The van der Waals surface area contributed by atoms with Gasteiger partial charge in [0.1, 0.15) is 11.8 Å². The Kier molecular flexibility index (Phi) is 3.26. The number of carbonyl (C=O) groups is 2. The molecule has 1 atom stereocenters. The molecule has 2 aromatic rings. The molecule has 0 N–H and O–H groups in total. The second kappa shape index (κ2) is 5.22. The number of likely N-dealkylation sites (tertiary alicyclic amines) is 1. The van der Waals surface area contributed by atoms with Crippen LogP contribution < -0.4 is 10.4 Å². The van der Waals surface area contributed by atoms with Crippen LogP contribution in [0, 0.1) is 0 Å². The first kappa shape index (κ1) is 15.0. The first-order valence-corrected chi connectivity index (χ1v) is 8.14. The minimum absolute atomic E-state index is 0.179. The topological polar surface area (TPSA) is 73.5 Å². The third-order valence-corrected chi connectivity index (χ3v) is 4.96. The number of likely N-dealkylation sites (N-methyl/N-ethyl adjacent to an activating group) is 1. The molecule has 0 spiro atoms. The largest absolute Gasteiger partial charge is 0.497 e. The van der Waals surface area contributed by atoms with Crippen LogP contribution in [-0.4, -0.2) is 40.0 Å². The van der Waals surface area contributed by atoms with Crippen molar-refractivity contribution in [1.82, 2.24) is 14.0 Å². The van der Waals surface area contributed by atoms with E-state index < -0.39 is 6.04 Å². The minimum Gasteiger partial charge on any atom is -0.497 e. The molecule has 0 bridgehead atoms. The molecule has 1 saturated heterocycles. The van der Waals surface area contributed by atoms with Gasteiger partial charge in [0.2, 0.25) is 5.91 Å². The smallest absolute Gasteiger partial charge is 0.330 e. The Labute approximate surface area is 138 Å². The maximum absolute atomic E-state index is 13.0. The molecule has 126 valence electrons. The highest BCUT2D eigenvalue weighted by atomic mass is 16.5. The van der Waals surface area contributed by atoms with Gasteiger partial charge in [0.25, 0.3) is 5.91 Å². The number of imidazole rings is 1. The maximum Gasteiger partial charge on any atom is 0.330 e. The summed E-state index contributed by atoms with van der Waals surface area (Å²) in [6, 6.07) is 5.01. The Balaban J connectivity index is 1.92. The molecule has 1 saturated carbocycles. The molecule has 24 heavy (non-hydrogen) atoms. The Morgan fingerprint density at radius 2 is 1.79 bits per heavy atom. The number of nitrogens with zero attached hydrogens (tertiary/aromatic N) is 3. The number of hydrogen-bond acceptors (Lipinski definition) is 4. The number of methoxy groups -OCH3 is 1. The number of ether oxygens (including phenoxy) is 1. The fourth-order valence-corrected chi connectivity index (χ4v) is 3.47. The number of rotatable bonds is 3. The lowest BCUT2D eigenvalue weighted by Crippen LogP contribution is -2.45. The van der Waals surface area contributed by atoms with Gasteiger partial charge >= 0.3 is 5.69 Å². The molecule has 2 heterocycles. The van der Waals surface area contributed by atoms with E-state index in [1.54, 1.807) is 22.3 Å². The van der Waals surface area contributed by atoms with Crippen molar-refractivity contribution in [3.8, 4) is 5.75 Å². The Morgan fingerprint density at radius 3 is 2.46 bits per heavy atom. The van der Waals surface area contributed by atoms with Gasteiger partial charge in [0, 0.05) is 25.6 Å². The second-order valence-corrected chi connectivity index (χ2v) is 6.45. The molecule has 1 unspecified atom stereocenters. The van der Waals surface area contributed by atoms with Crippen LogP contribution in [0.15, 0.2) is 23.0 Å². The Morgan fingerprint density at radius 1 is 1.04 bits per heavy atom. The van der Waals surface area contributed by atoms with Crippen LogP contribution in [0.3, 0.4) is 0 Å². The van der Waals surface area contributed by atoms with Crippen molar-refractivity contribution in [2.24, 2.45) is 0 Å². The molecule has 0 radical (unpaired) electrons. The van der Waals surface area contributed by atoms with Gasteiger partial charge in [-0.15, -0.1) is 0 Å². The van der Waals surface area contributed by atoms with Gasteiger partial charge in [-0.25, -0.2) is 4.79 Å². The Hall–Kier alpha value is -2.57. The lowest BCUT2D eigenvalue weighted by atomic mass is 10.0. The first-order valence-electron chi connectivity index (χ1n) is 8.14. The molecular weight excluding hydrogens is 310 g/mol. The van der Waals surface area contributed by atoms with E-state index in [-0.39, 0.29) is 30.0 Å². The van der Waals surface area contributed by atoms with Crippen molar-refractivity contribution in [3.05, 3.63) is 28.7 Å². The summed E-state index contributed by atoms with van der Waals surface area (Å²) in [5, 5.41) is 0. The zero-order valence-corrected chi connectivity index (χ0v) is 13.7. The number of carbonyl (C=O) groups excluding carboxylic acids is 2. The fourth-order valence-electron chi connectivity index (χ4n) is 3.47. The minimum atomic E-state index is -0.629. The molecule has 4 rings (SSSR count). The average Bonchev–Trinajstić information content (AvgIpc) is 3.37. The summed E-state index contributed by atoms with van der Waals surface area (Å²) in [6.07, 6.45) is 2.56. The SMILES string of the molecule is COc1ccc2c(c1)n(C1CC1)c(=O)n2C1CCC(=O)N(C)C1=O. The summed E-state index contributed by atoms with van der Waals surface area (Å²) in [4.78, 5) is 38.5. The highest BCUT2D eigenvalue weighted by Crippen LogP contribution is 2.38. The maximum atomic E-state index is 13.0. The molecule has 1 aromatic heterocycles. The number of hydrogen-bond donors (Lipinski definition) is 0. The van der Waals surface area contributed by atoms with Crippen LogP contribution in [0.25, 0.3) is 11.0 Å². The molecule has 1 aliphatic carbocycles. The van der Waals surface area contributed by atoms with Gasteiger partial charge in [0.15, 0.2) is 0 Å². The lowest BCUT2D eigenvalue weighted by molar-refractivity contribution is -0.149. The van der Waals surface area contributed by atoms with Gasteiger partial charge in [-0.3, -0.25) is 23.6 Å². The highest BCUT2D eigenvalue weighted by molar-refractivity contribution is 5.99. The molecular formula is C17H19N3O4. The molecule has 2 fully saturated rings. The van der Waals surface area contributed by atoms with Gasteiger partial charge in [-0.1, -0.05) is 0 Å². The quantitative estimate of drug-likeness (QED) is 0.799. The Bertz CT molecular complexity index is 906. The van der Waals surface area contributed by atoms with Crippen molar-refractivity contribution in [2.45, 2.75) is 37.8 Å². The van der Waals surface area contributed by atoms with Crippen molar-refractivity contribution in [2.75, 3.05) is 14.2 Å². The van der Waals surface area contributed by atoms with Crippen molar-refractivity contribution in [1.29, 1.82) is 0 Å². The molecule has 1 aromatic carbocycles. The standard InChI is InChI=1S/C17H19N3O4/c1-18-15(21)8-7-13(16(18)22)20-12-6-5-11(24-2)9-14(12)19(17(20)23)10-3-4-10/h5-6,9-10,13H,3-4,7-8H2,1-2H3. The van der Waals surface area contributed by atoms with Crippen molar-refractivity contribution in [3.63, 3.8) is 0 Å². The fraction of sp³-hybridized carbons (Fsp3) is 0.471. The highest BCUT2D eigenvalue weighted by Gasteiger charge is 2.37. The average molecular weight is 329 g/mol. The monoisotopic (exact) mass is 329 g/mol. The van der Waals surface area contributed by atoms with Crippen LogP contribution in [0.4, 0.5) is 0 Å². The number of amides is 2. The molecule has 7 heteroatoms. The number of fused-ring (bicyclic) bond motifs is 1. The summed E-state index contributed by atoms with van der Waals surface area (Å²) in [7, 11) is 3.06. The predicted molar refractivity (Wildman–Crippen MR) is 87.1 cm³/mol. The normalized spacial score (nSPS) is 21.6. The zero-order chi connectivity index (χ0) is 17.0. The van der Waals surface area contributed by atoms with Crippen molar-refractivity contribution < 1.29 is 14.3 Å². The first-order chi connectivity index (χ1) is 11.5. The summed E-state index contributed by atoms with van der Waals surface area (Å²) in [6.45, 7) is 0. The van der Waals surface area contributed by atoms with E-state index in [9.17, 15) is 14.4 Å².